The molecule has 26 heavy (non-hydrogen) atoms. The second kappa shape index (κ2) is 6.97. The zero-order valence-electron chi connectivity index (χ0n) is 15.8. The van der Waals surface area contributed by atoms with E-state index in [0.717, 1.165) is 11.1 Å². The van der Waals surface area contributed by atoms with Crippen LogP contribution in [0.15, 0.2) is 65.7 Å². The molecule has 2 unspecified atom stereocenters. The predicted octanol–water partition coefficient (Wildman–Crippen LogP) is 4.18. The summed E-state index contributed by atoms with van der Waals surface area (Å²) in [7, 11) is -3.56. The summed E-state index contributed by atoms with van der Waals surface area (Å²) < 4.78 is 28.7. The molecule has 138 valence electrons. The van der Waals surface area contributed by atoms with Gasteiger partial charge in [-0.15, -0.1) is 0 Å². The summed E-state index contributed by atoms with van der Waals surface area (Å²) in [6, 6.07) is 19.2. The molecule has 4 nitrogen and oxygen atoms in total. The van der Waals surface area contributed by atoms with Crippen LogP contribution < -0.4 is 0 Å². The van der Waals surface area contributed by atoms with Crippen LogP contribution >= 0.6 is 0 Å². The molecule has 1 aliphatic rings. The number of nitrogens with zero attached hydrogens (tertiary/aromatic N) is 2. The minimum atomic E-state index is -3.56. The second-order valence-electron chi connectivity index (χ2n) is 6.98. The molecule has 2 aromatic rings. The molecule has 0 aliphatic carbocycles. The van der Waals surface area contributed by atoms with Gasteiger partial charge < -0.3 is 0 Å². The Morgan fingerprint density at radius 1 is 1.04 bits per heavy atom. The second-order valence-corrected chi connectivity index (χ2v) is 9.11. The van der Waals surface area contributed by atoms with E-state index in [-0.39, 0.29) is 6.04 Å². The van der Waals surface area contributed by atoms with E-state index in [2.05, 4.69) is 0 Å². The van der Waals surface area contributed by atoms with Crippen LogP contribution in [-0.4, -0.2) is 29.7 Å². The average molecular weight is 371 g/mol. The first-order valence-electron chi connectivity index (χ1n) is 9.08. The topological polar surface area (TPSA) is 49.7 Å². The first-order chi connectivity index (χ1) is 12.3. The van der Waals surface area contributed by atoms with Crippen molar-refractivity contribution < 1.29 is 8.42 Å². The van der Waals surface area contributed by atoms with Gasteiger partial charge in [0.15, 0.2) is 5.66 Å². The summed E-state index contributed by atoms with van der Waals surface area (Å²) in [4.78, 5) is 5.12. The zero-order chi connectivity index (χ0) is 18.9. The normalized spacial score (nSPS) is 25.9. The van der Waals surface area contributed by atoms with Gasteiger partial charge in [0.05, 0.1) is 5.71 Å². The monoisotopic (exact) mass is 370 g/mol. The lowest BCUT2D eigenvalue weighted by atomic mass is 9.94. The molecule has 1 heterocycles. The zero-order valence-corrected chi connectivity index (χ0v) is 16.6. The minimum absolute atomic E-state index is 0.191. The molecular formula is C21H26N2O2S. The summed E-state index contributed by atoms with van der Waals surface area (Å²) in [6.07, 6.45) is 0.567. The summed E-state index contributed by atoms with van der Waals surface area (Å²) in [5.74, 6) is 0. The van der Waals surface area contributed by atoms with E-state index in [1.54, 1.807) is 11.2 Å². The highest BCUT2D eigenvalue weighted by atomic mass is 32.2. The first kappa shape index (κ1) is 18.8. The van der Waals surface area contributed by atoms with Gasteiger partial charge in [0, 0.05) is 6.04 Å². The number of sulfonamides is 1. The van der Waals surface area contributed by atoms with E-state index in [9.17, 15) is 8.42 Å². The van der Waals surface area contributed by atoms with E-state index in [1.807, 2.05) is 81.4 Å². The predicted molar refractivity (Wildman–Crippen MR) is 107 cm³/mol. The van der Waals surface area contributed by atoms with E-state index < -0.39 is 20.9 Å². The fraction of sp³-hybridized carbons (Fsp3) is 0.381. The molecule has 0 aromatic heterocycles. The highest BCUT2D eigenvalue weighted by Crippen LogP contribution is 2.43. The maximum Gasteiger partial charge on any atom is 0.225 e. The van der Waals surface area contributed by atoms with Crippen molar-refractivity contribution in [2.24, 2.45) is 4.99 Å². The van der Waals surface area contributed by atoms with E-state index >= 15 is 0 Å². The van der Waals surface area contributed by atoms with Crippen molar-refractivity contribution >= 4 is 15.7 Å². The van der Waals surface area contributed by atoms with E-state index in [1.165, 1.54) is 0 Å². The Hall–Kier alpha value is -1.98. The maximum atomic E-state index is 13.5. The number of hydrogen-bond acceptors (Lipinski definition) is 3. The van der Waals surface area contributed by atoms with Crippen molar-refractivity contribution in [3.8, 4) is 0 Å². The molecule has 0 saturated carbocycles. The fourth-order valence-corrected chi connectivity index (χ4v) is 5.92. The quantitative estimate of drug-likeness (QED) is 0.810. The molecule has 0 radical (unpaired) electrons. The smallest absolute Gasteiger partial charge is 0.225 e. The van der Waals surface area contributed by atoms with E-state index in [0.29, 0.717) is 12.1 Å². The Labute approximate surface area is 156 Å². The van der Waals surface area contributed by atoms with Gasteiger partial charge in [0.25, 0.3) is 0 Å². The van der Waals surface area contributed by atoms with Crippen molar-refractivity contribution in [1.82, 2.24) is 4.31 Å². The van der Waals surface area contributed by atoms with Gasteiger partial charge in [-0.25, -0.2) is 8.42 Å². The van der Waals surface area contributed by atoms with Gasteiger partial charge in [-0.2, -0.15) is 4.31 Å². The van der Waals surface area contributed by atoms with Crippen molar-refractivity contribution in [3.05, 3.63) is 71.8 Å². The van der Waals surface area contributed by atoms with Crippen LogP contribution in [0.2, 0.25) is 0 Å². The molecule has 0 amide bonds. The fourth-order valence-electron chi connectivity index (χ4n) is 3.83. The van der Waals surface area contributed by atoms with Crippen molar-refractivity contribution in [3.63, 3.8) is 0 Å². The first-order valence-corrected chi connectivity index (χ1v) is 10.6. The molecule has 0 spiro atoms. The standard InChI is InChI=1S/C21H26N2O2S/c1-5-21(19-14-10-7-11-15-19)22-20(18-12-8-6-9-13-18)17(4)26(24,25)23(21)16(2)3/h6-17H,5H2,1-4H3. The van der Waals surface area contributed by atoms with Gasteiger partial charge in [-0.05, 0) is 38.3 Å². The van der Waals surface area contributed by atoms with Crippen LogP contribution in [0.5, 0.6) is 0 Å². The molecule has 0 fully saturated rings. The van der Waals surface area contributed by atoms with Gasteiger partial charge in [0.2, 0.25) is 10.0 Å². The average Bonchev–Trinajstić information content (AvgIpc) is 2.64. The molecule has 0 bridgehead atoms. The lowest BCUT2D eigenvalue weighted by Crippen LogP contribution is -2.59. The Balaban J connectivity index is 2.35. The Morgan fingerprint density at radius 2 is 1.58 bits per heavy atom. The van der Waals surface area contributed by atoms with Crippen molar-refractivity contribution in [1.29, 1.82) is 0 Å². The molecule has 0 saturated heterocycles. The number of rotatable bonds is 4. The molecule has 3 rings (SSSR count). The summed E-state index contributed by atoms with van der Waals surface area (Å²) in [5.41, 5.74) is 1.47. The Kier molecular flexibility index (Phi) is 5.04. The highest BCUT2D eigenvalue weighted by Gasteiger charge is 2.52. The Morgan fingerprint density at radius 3 is 2.08 bits per heavy atom. The van der Waals surface area contributed by atoms with Gasteiger partial charge in [-0.3, -0.25) is 4.99 Å². The summed E-state index contributed by atoms with van der Waals surface area (Å²) in [5, 5.41) is -0.685. The minimum Gasteiger partial charge on any atom is -0.259 e. The highest BCUT2D eigenvalue weighted by molar-refractivity contribution is 7.90. The molecular weight excluding hydrogens is 344 g/mol. The third-order valence-electron chi connectivity index (χ3n) is 5.04. The largest absolute Gasteiger partial charge is 0.259 e. The lowest BCUT2D eigenvalue weighted by molar-refractivity contribution is 0.149. The maximum absolute atomic E-state index is 13.5. The van der Waals surface area contributed by atoms with Crippen LogP contribution in [0.1, 0.15) is 45.2 Å². The van der Waals surface area contributed by atoms with Crippen molar-refractivity contribution in [2.45, 2.75) is 51.1 Å². The molecule has 1 aliphatic heterocycles. The van der Waals surface area contributed by atoms with Crippen LogP contribution in [0.4, 0.5) is 0 Å². The SMILES string of the molecule is CCC1(c2ccccc2)N=C(c2ccccc2)C(C)S(=O)(=O)N1C(C)C. The third kappa shape index (κ3) is 2.89. The molecule has 2 atom stereocenters. The van der Waals surface area contributed by atoms with Crippen LogP contribution in [0.25, 0.3) is 0 Å². The molecule has 5 heteroatoms. The van der Waals surface area contributed by atoms with Gasteiger partial charge in [-0.1, -0.05) is 67.6 Å². The van der Waals surface area contributed by atoms with Crippen LogP contribution in [-0.2, 0) is 15.7 Å². The summed E-state index contributed by atoms with van der Waals surface area (Å²) in [6.45, 7) is 7.57. The van der Waals surface area contributed by atoms with Crippen molar-refractivity contribution in [2.75, 3.05) is 0 Å². The number of benzene rings is 2. The number of aliphatic imine (C=N–C) groups is 1. The lowest BCUT2D eigenvalue weighted by Gasteiger charge is -2.47. The third-order valence-corrected chi connectivity index (χ3v) is 7.43. The summed E-state index contributed by atoms with van der Waals surface area (Å²) >= 11 is 0. The van der Waals surface area contributed by atoms with Crippen LogP contribution in [0, 0.1) is 0 Å². The van der Waals surface area contributed by atoms with Gasteiger partial charge in [0.1, 0.15) is 5.25 Å². The molecule has 2 aromatic carbocycles. The van der Waals surface area contributed by atoms with E-state index in [4.69, 9.17) is 4.99 Å². The van der Waals surface area contributed by atoms with Crippen LogP contribution in [0.3, 0.4) is 0 Å². The molecule has 0 N–H and O–H groups in total. The number of hydrogen-bond donors (Lipinski definition) is 0. The van der Waals surface area contributed by atoms with Gasteiger partial charge >= 0.3 is 0 Å². The Bertz CT molecular complexity index is 892.